The molecule has 3 aromatic rings. The van der Waals surface area contributed by atoms with Crippen LogP contribution in [0.2, 0.25) is 5.02 Å². The number of anilines is 1. The van der Waals surface area contributed by atoms with E-state index in [-0.39, 0.29) is 5.91 Å². The number of carbonyl (C=O) groups is 1. The van der Waals surface area contributed by atoms with Gasteiger partial charge in [-0.3, -0.25) is 4.79 Å². The highest BCUT2D eigenvalue weighted by molar-refractivity contribution is 7.13. The maximum Gasteiger partial charge on any atom is 0.275 e. The molecule has 0 bridgehead atoms. The molecule has 3 rings (SSSR count). The van der Waals surface area contributed by atoms with Crippen LogP contribution in [0.3, 0.4) is 0 Å². The molecule has 0 aliphatic heterocycles. The fourth-order valence-electron chi connectivity index (χ4n) is 2.08. The fraction of sp³-hybridized carbons (Fsp3) is 0.0588. The van der Waals surface area contributed by atoms with E-state index < -0.39 is 0 Å². The van der Waals surface area contributed by atoms with E-state index in [9.17, 15) is 4.79 Å². The molecule has 2 aromatic carbocycles. The average Bonchev–Trinajstić information content (AvgIpc) is 3.05. The Morgan fingerprint density at radius 2 is 2.04 bits per heavy atom. The van der Waals surface area contributed by atoms with Crippen LogP contribution in [0.1, 0.15) is 10.5 Å². The summed E-state index contributed by atoms with van der Waals surface area (Å²) in [5.41, 5.74) is 1.85. The normalized spacial score (nSPS) is 10.3. The number of rotatable bonds is 4. The molecule has 6 heteroatoms. The second kappa shape index (κ2) is 6.81. The SMILES string of the molecule is COc1ccccc1-c1nc(C(=O)Nc2cccc(Cl)c2)cs1. The van der Waals surface area contributed by atoms with E-state index in [4.69, 9.17) is 16.3 Å². The molecule has 23 heavy (non-hydrogen) atoms. The lowest BCUT2D eigenvalue weighted by Crippen LogP contribution is -2.12. The zero-order valence-electron chi connectivity index (χ0n) is 12.2. The Hall–Kier alpha value is -2.37. The summed E-state index contributed by atoms with van der Waals surface area (Å²) in [5, 5.41) is 5.81. The maximum atomic E-state index is 12.3. The zero-order valence-corrected chi connectivity index (χ0v) is 13.8. The van der Waals surface area contributed by atoms with Crippen molar-refractivity contribution in [3.05, 3.63) is 64.6 Å². The Bertz CT molecular complexity index is 848. The lowest BCUT2D eigenvalue weighted by molar-refractivity contribution is 0.102. The molecule has 0 saturated heterocycles. The van der Waals surface area contributed by atoms with E-state index in [1.54, 1.807) is 36.8 Å². The van der Waals surface area contributed by atoms with E-state index in [0.29, 0.717) is 16.4 Å². The van der Waals surface area contributed by atoms with Crippen molar-refractivity contribution in [1.82, 2.24) is 4.98 Å². The van der Waals surface area contributed by atoms with E-state index >= 15 is 0 Å². The first-order valence-corrected chi connectivity index (χ1v) is 8.09. The average molecular weight is 345 g/mol. The summed E-state index contributed by atoms with van der Waals surface area (Å²) in [7, 11) is 1.61. The molecule has 0 saturated carbocycles. The Labute approximate surface area is 142 Å². The smallest absolute Gasteiger partial charge is 0.275 e. The molecule has 0 spiro atoms. The van der Waals surface area contributed by atoms with Gasteiger partial charge in [-0.05, 0) is 30.3 Å². The van der Waals surface area contributed by atoms with Gasteiger partial charge in [0.2, 0.25) is 0 Å². The maximum absolute atomic E-state index is 12.3. The third-order valence-electron chi connectivity index (χ3n) is 3.16. The molecule has 1 amide bonds. The van der Waals surface area contributed by atoms with Crippen LogP contribution in [-0.4, -0.2) is 18.0 Å². The van der Waals surface area contributed by atoms with Gasteiger partial charge in [0, 0.05) is 16.1 Å². The van der Waals surface area contributed by atoms with Gasteiger partial charge in [-0.2, -0.15) is 0 Å². The number of aromatic nitrogens is 1. The van der Waals surface area contributed by atoms with Crippen LogP contribution in [-0.2, 0) is 0 Å². The molecule has 0 unspecified atom stereocenters. The van der Waals surface area contributed by atoms with Gasteiger partial charge in [0.25, 0.3) is 5.91 Å². The Balaban J connectivity index is 1.83. The number of carbonyl (C=O) groups excluding carboxylic acids is 1. The number of amides is 1. The van der Waals surface area contributed by atoms with E-state index in [1.807, 2.05) is 24.3 Å². The summed E-state index contributed by atoms with van der Waals surface area (Å²) < 4.78 is 5.33. The largest absolute Gasteiger partial charge is 0.496 e. The fourth-order valence-corrected chi connectivity index (χ4v) is 3.10. The first-order valence-electron chi connectivity index (χ1n) is 6.83. The number of benzene rings is 2. The van der Waals surface area contributed by atoms with Crippen LogP contribution in [0.4, 0.5) is 5.69 Å². The molecule has 1 aromatic heterocycles. The second-order valence-electron chi connectivity index (χ2n) is 4.70. The van der Waals surface area contributed by atoms with Gasteiger partial charge in [-0.1, -0.05) is 29.8 Å². The van der Waals surface area contributed by atoms with Crippen molar-refractivity contribution in [1.29, 1.82) is 0 Å². The van der Waals surface area contributed by atoms with Gasteiger partial charge < -0.3 is 10.1 Å². The number of hydrogen-bond donors (Lipinski definition) is 1. The topological polar surface area (TPSA) is 51.2 Å². The van der Waals surface area contributed by atoms with Crippen molar-refractivity contribution in [2.45, 2.75) is 0 Å². The number of thiazole rings is 1. The second-order valence-corrected chi connectivity index (χ2v) is 6.00. The number of methoxy groups -OCH3 is 1. The summed E-state index contributed by atoms with van der Waals surface area (Å²) >= 11 is 7.31. The van der Waals surface area contributed by atoms with Crippen LogP contribution in [0.5, 0.6) is 5.75 Å². The third-order valence-corrected chi connectivity index (χ3v) is 4.27. The van der Waals surface area contributed by atoms with Crippen molar-refractivity contribution in [3.8, 4) is 16.3 Å². The zero-order chi connectivity index (χ0) is 16.2. The van der Waals surface area contributed by atoms with E-state index in [2.05, 4.69) is 10.3 Å². The molecule has 1 N–H and O–H groups in total. The highest BCUT2D eigenvalue weighted by Crippen LogP contribution is 2.32. The molecule has 4 nitrogen and oxygen atoms in total. The minimum atomic E-state index is -0.273. The van der Waals surface area contributed by atoms with Gasteiger partial charge in [0.05, 0.1) is 12.7 Å². The van der Waals surface area contributed by atoms with Crippen molar-refractivity contribution in [2.24, 2.45) is 0 Å². The molecule has 0 radical (unpaired) electrons. The van der Waals surface area contributed by atoms with Gasteiger partial charge >= 0.3 is 0 Å². The highest BCUT2D eigenvalue weighted by atomic mass is 35.5. The first-order chi connectivity index (χ1) is 11.2. The third kappa shape index (κ3) is 3.52. The quantitative estimate of drug-likeness (QED) is 0.744. The first kappa shape index (κ1) is 15.5. The van der Waals surface area contributed by atoms with E-state index in [0.717, 1.165) is 16.3 Å². The molecule has 0 aliphatic rings. The molecule has 0 atom stereocenters. The van der Waals surface area contributed by atoms with E-state index in [1.165, 1.54) is 11.3 Å². The standard InChI is InChI=1S/C17H13ClN2O2S/c1-22-15-8-3-2-7-13(15)17-20-14(10-23-17)16(21)19-12-6-4-5-11(18)9-12/h2-10H,1H3,(H,19,21). The van der Waals surface area contributed by atoms with Gasteiger partial charge in [-0.15, -0.1) is 11.3 Å². The van der Waals surface area contributed by atoms with Gasteiger partial charge in [0.1, 0.15) is 16.5 Å². The number of para-hydroxylation sites is 1. The summed E-state index contributed by atoms with van der Waals surface area (Å²) in [5.74, 6) is 0.452. The molecule has 1 heterocycles. The van der Waals surface area contributed by atoms with Crippen LogP contribution in [0.25, 0.3) is 10.6 Å². The molecular weight excluding hydrogens is 332 g/mol. The van der Waals surface area contributed by atoms with Gasteiger partial charge in [-0.25, -0.2) is 4.98 Å². The van der Waals surface area contributed by atoms with Crippen molar-refractivity contribution in [2.75, 3.05) is 12.4 Å². The highest BCUT2D eigenvalue weighted by Gasteiger charge is 2.14. The van der Waals surface area contributed by atoms with Crippen molar-refractivity contribution < 1.29 is 9.53 Å². The van der Waals surface area contributed by atoms with Crippen LogP contribution in [0, 0.1) is 0 Å². The summed E-state index contributed by atoms with van der Waals surface area (Å²) in [6.45, 7) is 0. The molecule has 116 valence electrons. The monoisotopic (exact) mass is 344 g/mol. The minimum absolute atomic E-state index is 0.273. The predicted octanol–water partition coefficient (Wildman–Crippen LogP) is 4.72. The molecule has 0 fully saturated rings. The lowest BCUT2D eigenvalue weighted by atomic mass is 10.2. The Morgan fingerprint density at radius 1 is 1.22 bits per heavy atom. The number of halogens is 1. The summed E-state index contributed by atoms with van der Waals surface area (Å²) in [4.78, 5) is 16.7. The van der Waals surface area contributed by atoms with Crippen LogP contribution >= 0.6 is 22.9 Å². The van der Waals surface area contributed by atoms with Gasteiger partial charge in [0.15, 0.2) is 0 Å². The summed E-state index contributed by atoms with van der Waals surface area (Å²) in [6.07, 6.45) is 0. The number of nitrogens with one attached hydrogen (secondary N) is 1. The number of nitrogens with zero attached hydrogens (tertiary/aromatic N) is 1. The minimum Gasteiger partial charge on any atom is -0.496 e. The Kier molecular flexibility index (Phi) is 4.60. The number of ether oxygens (including phenoxy) is 1. The molecular formula is C17H13ClN2O2S. The van der Waals surface area contributed by atoms with Crippen LogP contribution in [0.15, 0.2) is 53.9 Å². The predicted molar refractivity (Wildman–Crippen MR) is 93.5 cm³/mol. The lowest BCUT2D eigenvalue weighted by Gasteiger charge is -2.05. The summed E-state index contributed by atoms with van der Waals surface area (Å²) in [6, 6.07) is 14.6. The molecule has 0 aliphatic carbocycles. The Morgan fingerprint density at radius 3 is 2.83 bits per heavy atom. The van der Waals surface area contributed by atoms with Crippen LogP contribution < -0.4 is 10.1 Å². The number of hydrogen-bond acceptors (Lipinski definition) is 4. The van der Waals surface area contributed by atoms with Crippen molar-refractivity contribution in [3.63, 3.8) is 0 Å². The van der Waals surface area contributed by atoms with Crippen molar-refractivity contribution >= 4 is 34.5 Å².